The fourth-order valence-corrected chi connectivity index (χ4v) is 3.77. The number of ether oxygens (including phenoxy) is 1. The van der Waals surface area contributed by atoms with Gasteiger partial charge in [0.1, 0.15) is 0 Å². The minimum absolute atomic E-state index is 0.374. The lowest BCUT2D eigenvalue weighted by Gasteiger charge is -2.32. The first kappa shape index (κ1) is 16.2. The first-order valence-corrected chi connectivity index (χ1v) is 8.49. The van der Waals surface area contributed by atoms with Crippen LogP contribution < -0.4 is 11.5 Å². The van der Waals surface area contributed by atoms with Gasteiger partial charge in [-0.05, 0) is 43.2 Å². The van der Waals surface area contributed by atoms with Crippen LogP contribution in [0, 0.1) is 13.8 Å². The van der Waals surface area contributed by atoms with E-state index in [0.717, 1.165) is 27.8 Å². The van der Waals surface area contributed by atoms with Crippen LogP contribution in [0.3, 0.4) is 0 Å². The van der Waals surface area contributed by atoms with Crippen LogP contribution in [0.2, 0.25) is 0 Å². The summed E-state index contributed by atoms with van der Waals surface area (Å²) in [4.78, 5) is 12.7. The van der Waals surface area contributed by atoms with Gasteiger partial charge in [-0.3, -0.25) is 0 Å². The van der Waals surface area contributed by atoms with Crippen LogP contribution in [-0.4, -0.2) is 5.97 Å². The number of carbonyl (C=O) groups excluding carboxylic acids is 1. The Morgan fingerprint density at radius 2 is 1.31 bits per heavy atom. The Kier molecular flexibility index (Phi) is 3.51. The molecule has 130 valence electrons. The van der Waals surface area contributed by atoms with Crippen molar-refractivity contribution in [3.05, 3.63) is 94.0 Å². The first-order chi connectivity index (χ1) is 12.4. The number of hydrogen-bond donors (Lipinski definition) is 2. The number of anilines is 2. The zero-order valence-corrected chi connectivity index (χ0v) is 14.7. The smallest absolute Gasteiger partial charge is 0.340 e. The molecule has 0 amide bonds. The maximum Gasteiger partial charge on any atom is 0.340 e. The molecular formula is C22H20N2O2. The molecule has 4 N–H and O–H groups in total. The van der Waals surface area contributed by atoms with Gasteiger partial charge < -0.3 is 16.2 Å². The zero-order chi connectivity index (χ0) is 18.5. The van der Waals surface area contributed by atoms with Gasteiger partial charge in [-0.15, -0.1) is 0 Å². The van der Waals surface area contributed by atoms with Crippen LogP contribution in [-0.2, 0) is 10.3 Å². The van der Waals surface area contributed by atoms with Gasteiger partial charge in [-0.2, -0.15) is 0 Å². The molecule has 26 heavy (non-hydrogen) atoms. The van der Waals surface area contributed by atoms with E-state index in [1.165, 1.54) is 0 Å². The van der Waals surface area contributed by atoms with Crippen LogP contribution in [0.1, 0.15) is 38.2 Å². The lowest BCUT2D eigenvalue weighted by Crippen LogP contribution is -2.31. The standard InChI is InChI=1S/C22H20N2O2/c1-13-7-9-17(19(23)11-13)22(18-10-8-14(2)12-20(18)24)16-6-4-3-5-15(16)21(25)26-22/h3-12H,23-24H2,1-2H3. The molecule has 0 saturated carbocycles. The van der Waals surface area contributed by atoms with E-state index in [9.17, 15) is 4.79 Å². The van der Waals surface area contributed by atoms with E-state index in [1.807, 2.05) is 68.4 Å². The lowest BCUT2D eigenvalue weighted by molar-refractivity contribution is 0.0256. The van der Waals surface area contributed by atoms with Crippen molar-refractivity contribution in [2.45, 2.75) is 19.4 Å². The van der Waals surface area contributed by atoms with Gasteiger partial charge >= 0.3 is 5.97 Å². The van der Waals surface area contributed by atoms with Crippen molar-refractivity contribution in [1.29, 1.82) is 0 Å². The van der Waals surface area contributed by atoms with Crippen molar-refractivity contribution in [3.63, 3.8) is 0 Å². The molecule has 0 saturated heterocycles. The van der Waals surface area contributed by atoms with Crippen molar-refractivity contribution in [2.75, 3.05) is 11.5 Å². The summed E-state index contributed by atoms with van der Waals surface area (Å²) >= 11 is 0. The van der Waals surface area contributed by atoms with Gasteiger partial charge in [-0.25, -0.2) is 4.79 Å². The molecule has 0 aliphatic carbocycles. The van der Waals surface area contributed by atoms with Crippen molar-refractivity contribution in [3.8, 4) is 0 Å². The second-order valence-electron chi connectivity index (χ2n) is 6.80. The number of aryl methyl sites for hydroxylation is 2. The molecule has 3 aromatic rings. The second-order valence-corrected chi connectivity index (χ2v) is 6.80. The Morgan fingerprint density at radius 1 is 0.769 bits per heavy atom. The predicted octanol–water partition coefficient (Wildman–Crippen LogP) is 3.93. The number of cyclic esters (lactones) is 1. The van der Waals surface area contributed by atoms with E-state index in [1.54, 1.807) is 6.07 Å². The highest BCUT2D eigenvalue weighted by atomic mass is 16.6. The number of nitrogen functional groups attached to an aromatic ring is 2. The summed E-state index contributed by atoms with van der Waals surface area (Å²) in [6.45, 7) is 3.95. The van der Waals surface area contributed by atoms with Crippen molar-refractivity contribution >= 4 is 17.3 Å². The summed E-state index contributed by atoms with van der Waals surface area (Å²) in [5, 5.41) is 0. The van der Waals surface area contributed by atoms with E-state index in [2.05, 4.69) is 0 Å². The van der Waals surface area contributed by atoms with Gasteiger partial charge in [0.25, 0.3) is 0 Å². The Labute approximate surface area is 152 Å². The zero-order valence-electron chi connectivity index (χ0n) is 14.7. The number of esters is 1. The molecule has 0 spiro atoms. The van der Waals surface area contributed by atoms with Crippen LogP contribution in [0.4, 0.5) is 11.4 Å². The molecule has 1 aliphatic rings. The predicted molar refractivity (Wildman–Crippen MR) is 103 cm³/mol. The van der Waals surface area contributed by atoms with Crippen LogP contribution in [0.5, 0.6) is 0 Å². The summed E-state index contributed by atoms with van der Waals surface area (Å²) in [6.07, 6.45) is 0. The van der Waals surface area contributed by atoms with E-state index < -0.39 is 5.60 Å². The Morgan fingerprint density at radius 3 is 1.85 bits per heavy atom. The molecule has 0 atom stereocenters. The van der Waals surface area contributed by atoms with Crippen molar-refractivity contribution in [1.82, 2.24) is 0 Å². The second kappa shape index (κ2) is 5.63. The number of hydrogen-bond acceptors (Lipinski definition) is 4. The molecule has 1 heterocycles. The van der Waals surface area contributed by atoms with Gasteiger partial charge in [0.15, 0.2) is 5.60 Å². The molecule has 0 unspecified atom stereocenters. The van der Waals surface area contributed by atoms with Crippen molar-refractivity contribution < 1.29 is 9.53 Å². The number of carbonyl (C=O) groups is 1. The molecular weight excluding hydrogens is 324 g/mol. The molecule has 0 aromatic heterocycles. The molecule has 0 radical (unpaired) electrons. The first-order valence-electron chi connectivity index (χ1n) is 8.49. The van der Waals surface area contributed by atoms with E-state index in [0.29, 0.717) is 16.9 Å². The molecule has 0 bridgehead atoms. The topological polar surface area (TPSA) is 78.3 Å². The highest BCUT2D eigenvalue weighted by molar-refractivity contribution is 5.97. The van der Waals surface area contributed by atoms with Crippen molar-refractivity contribution in [2.24, 2.45) is 0 Å². The minimum Gasteiger partial charge on any atom is -0.440 e. The molecule has 1 aliphatic heterocycles. The van der Waals surface area contributed by atoms with Gasteiger partial charge in [0, 0.05) is 28.1 Å². The fraction of sp³-hybridized carbons (Fsp3) is 0.136. The largest absolute Gasteiger partial charge is 0.440 e. The Bertz CT molecular complexity index is 989. The summed E-state index contributed by atoms with van der Waals surface area (Å²) < 4.78 is 6.03. The van der Waals surface area contributed by atoms with Crippen LogP contribution >= 0.6 is 0 Å². The SMILES string of the molecule is Cc1ccc(C2(c3ccc(C)cc3N)OC(=O)c3ccccc32)c(N)c1. The number of nitrogens with two attached hydrogens (primary N) is 2. The average molecular weight is 344 g/mol. The summed E-state index contributed by atoms with van der Waals surface area (Å²) in [6, 6.07) is 18.9. The van der Waals surface area contributed by atoms with E-state index >= 15 is 0 Å². The molecule has 3 aromatic carbocycles. The maximum absolute atomic E-state index is 12.7. The van der Waals surface area contributed by atoms with E-state index in [4.69, 9.17) is 16.2 Å². The maximum atomic E-state index is 12.7. The monoisotopic (exact) mass is 344 g/mol. The van der Waals surface area contributed by atoms with Crippen LogP contribution in [0.15, 0.2) is 60.7 Å². The third-order valence-corrected chi connectivity index (χ3v) is 4.94. The Hall–Kier alpha value is -3.27. The molecule has 4 rings (SSSR count). The van der Waals surface area contributed by atoms with Crippen LogP contribution in [0.25, 0.3) is 0 Å². The third kappa shape index (κ3) is 2.19. The fourth-order valence-electron chi connectivity index (χ4n) is 3.77. The number of benzene rings is 3. The van der Waals surface area contributed by atoms with Gasteiger partial charge in [0.05, 0.1) is 5.56 Å². The number of fused-ring (bicyclic) bond motifs is 1. The summed E-state index contributed by atoms with van der Waals surface area (Å²) in [7, 11) is 0. The van der Waals surface area contributed by atoms with Gasteiger partial charge in [0.2, 0.25) is 0 Å². The lowest BCUT2D eigenvalue weighted by atomic mass is 9.78. The molecule has 4 nitrogen and oxygen atoms in total. The normalized spacial score (nSPS) is 14.8. The molecule has 4 heteroatoms. The minimum atomic E-state index is -1.15. The quantitative estimate of drug-likeness (QED) is 0.545. The molecule has 0 fully saturated rings. The average Bonchev–Trinajstić information content (AvgIpc) is 2.89. The Balaban J connectivity index is 2.11. The summed E-state index contributed by atoms with van der Waals surface area (Å²) in [5.74, 6) is -0.374. The third-order valence-electron chi connectivity index (χ3n) is 4.94. The number of rotatable bonds is 2. The highest BCUT2D eigenvalue weighted by Crippen LogP contribution is 2.50. The summed E-state index contributed by atoms with van der Waals surface area (Å²) in [5.41, 5.74) is 17.5. The van der Waals surface area contributed by atoms with E-state index in [-0.39, 0.29) is 5.97 Å². The van der Waals surface area contributed by atoms with Gasteiger partial charge in [-0.1, -0.05) is 42.5 Å². The highest BCUT2D eigenvalue weighted by Gasteiger charge is 2.50.